The van der Waals surface area contributed by atoms with Gasteiger partial charge in [0.2, 0.25) is 5.82 Å². The van der Waals surface area contributed by atoms with Crippen LogP contribution in [0.4, 0.5) is 4.39 Å². The molecule has 2 aromatic carbocycles. The summed E-state index contributed by atoms with van der Waals surface area (Å²) in [5, 5.41) is 13.6. The summed E-state index contributed by atoms with van der Waals surface area (Å²) in [6, 6.07) is 12.3. The van der Waals surface area contributed by atoms with Crippen molar-refractivity contribution in [3.63, 3.8) is 0 Å². The molecule has 0 atom stereocenters. The molecule has 7 heteroatoms. The standard InChI is InChI=1S/C24H27FN4O2/c1-28-16-26-23(27-28)24(31)29(20-8-3-2-4-9-20)14-17-10-11-22(25)21(13-17)19-7-5-6-18(12-19)15-30/h5-7,10-13,16,20,30H,2-4,8-9,14-15H2,1H3. The summed E-state index contributed by atoms with van der Waals surface area (Å²) >= 11 is 0. The fourth-order valence-corrected chi connectivity index (χ4v) is 4.25. The molecule has 0 spiro atoms. The molecule has 6 nitrogen and oxygen atoms in total. The first-order chi connectivity index (χ1) is 15.0. The highest BCUT2D eigenvalue weighted by Crippen LogP contribution is 2.28. The van der Waals surface area contributed by atoms with Crippen LogP contribution in [0.25, 0.3) is 11.1 Å². The molecule has 31 heavy (non-hydrogen) atoms. The van der Waals surface area contributed by atoms with Crippen molar-refractivity contribution in [1.29, 1.82) is 0 Å². The second-order valence-electron chi connectivity index (χ2n) is 8.14. The third-order valence-electron chi connectivity index (χ3n) is 5.87. The number of carbonyl (C=O) groups excluding carboxylic acids is 1. The SMILES string of the molecule is Cn1cnc(C(=O)N(Cc2ccc(F)c(-c3cccc(CO)c3)c2)C2CCCCC2)n1. The maximum atomic E-state index is 14.6. The molecule has 0 aliphatic heterocycles. The van der Waals surface area contributed by atoms with Crippen molar-refractivity contribution in [2.75, 3.05) is 0 Å². The van der Waals surface area contributed by atoms with Crippen molar-refractivity contribution in [2.45, 2.75) is 51.3 Å². The topological polar surface area (TPSA) is 71.2 Å². The second-order valence-corrected chi connectivity index (χ2v) is 8.14. The molecule has 1 aromatic heterocycles. The zero-order chi connectivity index (χ0) is 21.8. The van der Waals surface area contributed by atoms with Crippen molar-refractivity contribution in [3.8, 4) is 11.1 Å². The average molecular weight is 423 g/mol. The maximum absolute atomic E-state index is 14.6. The number of carbonyl (C=O) groups is 1. The quantitative estimate of drug-likeness (QED) is 0.650. The van der Waals surface area contributed by atoms with E-state index >= 15 is 0 Å². The number of aryl methyl sites for hydroxylation is 1. The molecular weight excluding hydrogens is 395 g/mol. The van der Waals surface area contributed by atoms with E-state index in [-0.39, 0.29) is 30.2 Å². The number of nitrogens with zero attached hydrogens (tertiary/aromatic N) is 4. The van der Waals surface area contributed by atoms with Gasteiger partial charge in [-0.15, -0.1) is 5.10 Å². The fourth-order valence-electron chi connectivity index (χ4n) is 4.25. The van der Waals surface area contributed by atoms with E-state index < -0.39 is 0 Å². The molecule has 162 valence electrons. The largest absolute Gasteiger partial charge is 0.392 e. The number of aliphatic hydroxyl groups is 1. The first-order valence-electron chi connectivity index (χ1n) is 10.7. The van der Waals surface area contributed by atoms with Gasteiger partial charge in [-0.3, -0.25) is 9.48 Å². The lowest BCUT2D eigenvalue weighted by atomic mass is 9.93. The summed E-state index contributed by atoms with van der Waals surface area (Å²) in [5.74, 6) is -0.340. The van der Waals surface area contributed by atoms with E-state index in [2.05, 4.69) is 10.1 Å². The van der Waals surface area contributed by atoms with Crippen LogP contribution in [0, 0.1) is 5.82 Å². The lowest BCUT2D eigenvalue weighted by Gasteiger charge is -2.34. The van der Waals surface area contributed by atoms with Crippen molar-refractivity contribution in [2.24, 2.45) is 7.05 Å². The Kier molecular flexibility index (Phi) is 6.42. The molecule has 1 saturated carbocycles. The van der Waals surface area contributed by atoms with E-state index in [1.165, 1.54) is 23.5 Å². The molecule has 4 rings (SSSR count). The van der Waals surface area contributed by atoms with Crippen LogP contribution in [-0.4, -0.2) is 36.7 Å². The Morgan fingerprint density at radius 1 is 1.16 bits per heavy atom. The zero-order valence-corrected chi connectivity index (χ0v) is 17.7. The van der Waals surface area contributed by atoms with Crippen molar-refractivity contribution < 1.29 is 14.3 Å². The number of benzene rings is 2. The van der Waals surface area contributed by atoms with Crippen LogP contribution in [0.2, 0.25) is 0 Å². The van der Waals surface area contributed by atoms with Gasteiger partial charge in [0, 0.05) is 25.2 Å². The minimum absolute atomic E-state index is 0.101. The zero-order valence-electron chi connectivity index (χ0n) is 17.7. The summed E-state index contributed by atoms with van der Waals surface area (Å²) in [6.45, 7) is 0.269. The van der Waals surface area contributed by atoms with Crippen molar-refractivity contribution >= 4 is 5.91 Å². The molecule has 0 unspecified atom stereocenters. The predicted molar refractivity (Wildman–Crippen MR) is 116 cm³/mol. The van der Waals surface area contributed by atoms with E-state index in [9.17, 15) is 14.3 Å². The second kappa shape index (κ2) is 9.39. The third kappa shape index (κ3) is 4.82. The Labute approximate surface area is 181 Å². The van der Waals surface area contributed by atoms with Crippen molar-refractivity contribution in [1.82, 2.24) is 19.7 Å². The van der Waals surface area contributed by atoms with Gasteiger partial charge in [-0.1, -0.05) is 43.5 Å². The number of aromatic nitrogens is 3. The lowest BCUT2D eigenvalue weighted by molar-refractivity contribution is 0.0601. The molecule has 3 aromatic rings. The minimum atomic E-state index is -0.333. The Balaban J connectivity index is 1.65. The Morgan fingerprint density at radius 2 is 1.97 bits per heavy atom. The molecular formula is C24H27FN4O2. The number of hydrogen-bond acceptors (Lipinski definition) is 4. The van der Waals surface area contributed by atoms with E-state index in [0.29, 0.717) is 17.7 Å². The van der Waals surface area contributed by atoms with Gasteiger partial charge in [0.15, 0.2) is 0 Å². The number of halogens is 1. The van der Waals surface area contributed by atoms with E-state index in [1.807, 2.05) is 11.0 Å². The molecule has 1 aliphatic rings. The first kappa shape index (κ1) is 21.2. The highest BCUT2D eigenvalue weighted by Gasteiger charge is 2.28. The van der Waals surface area contributed by atoms with Gasteiger partial charge < -0.3 is 10.0 Å². The maximum Gasteiger partial charge on any atom is 0.294 e. The van der Waals surface area contributed by atoms with Crippen LogP contribution in [0.3, 0.4) is 0 Å². The highest BCUT2D eigenvalue weighted by molar-refractivity contribution is 5.90. The molecule has 0 saturated heterocycles. The van der Waals surface area contributed by atoms with Gasteiger partial charge in [-0.2, -0.15) is 0 Å². The van der Waals surface area contributed by atoms with Crippen LogP contribution in [0.1, 0.15) is 53.8 Å². The predicted octanol–water partition coefficient (Wildman–Crippen LogP) is 4.09. The smallest absolute Gasteiger partial charge is 0.294 e. The molecule has 1 N–H and O–H groups in total. The monoisotopic (exact) mass is 422 g/mol. The van der Waals surface area contributed by atoms with Gasteiger partial charge in [0.1, 0.15) is 12.1 Å². The molecule has 1 aliphatic carbocycles. The van der Waals surface area contributed by atoms with Crippen LogP contribution in [0.15, 0.2) is 48.8 Å². The minimum Gasteiger partial charge on any atom is -0.392 e. The van der Waals surface area contributed by atoms with E-state index in [0.717, 1.165) is 36.8 Å². The summed E-state index contributed by atoms with van der Waals surface area (Å²) in [4.78, 5) is 19.2. The van der Waals surface area contributed by atoms with Gasteiger partial charge in [-0.25, -0.2) is 9.37 Å². The van der Waals surface area contributed by atoms with Crippen LogP contribution >= 0.6 is 0 Å². The van der Waals surface area contributed by atoms with Crippen LogP contribution < -0.4 is 0 Å². The molecule has 0 bridgehead atoms. The number of rotatable bonds is 6. The van der Waals surface area contributed by atoms with Gasteiger partial charge in [0.05, 0.1) is 6.61 Å². The first-order valence-corrected chi connectivity index (χ1v) is 10.7. The van der Waals surface area contributed by atoms with Crippen molar-refractivity contribution in [3.05, 3.63) is 71.6 Å². The summed E-state index contributed by atoms with van der Waals surface area (Å²) in [7, 11) is 1.74. The number of hydrogen-bond donors (Lipinski definition) is 1. The lowest BCUT2D eigenvalue weighted by Crippen LogP contribution is -2.41. The van der Waals surface area contributed by atoms with Gasteiger partial charge in [0.25, 0.3) is 5.91 Å². The van der Waals surface area contributed by atoms with Crippen LogP contribution in [-0.2, 0) is 20.2 Å². The summed E-state index contributed by atoms with van der Waals surface area (Å²) in [6.07, 6.45) is 6.79. The Morgan fingerprint density at radius 3 is 2.68 bits per heavy atom. The molecule has 0 radical (unpaired) electrons. The average Bonchev–Trinajstić information content (AvgIpc) is 3.25. The molecule has 1 fully saturated rings. The fraction of sp³-hybridized carbons (Fsp3) is 0.375. The molecule has 1 amide bonds. The number of amides is 1. The van der Waals surface area contributed by atoms with Crippen LogP contribution in [0.5, 0.6) is 0 Å². The van der Waals surface area contributed by atoms with Gasteiger partial charge in [-0.05, 0) is 47.7 Å². The highest BCUT2D eigenvalue weighted by atomic mass is 19.1. The van der Waals surface area contributed by atoms with Gasteiger partial charge >= 0.3 is 0 Å². The number of aliphatic hydroxyl groups excluding tert-OH is 1. The Bertz CT molecular complexity index is 1060. The third-order valence-corrected chi connectivity index (χ3v) is 5.87. The summed E-state index contributed by atoms with van der Waals surface area (Å²) < 4.78 is 16.2. The van der Waals surface area contributed by atoms with E-state index in [1.54, 1.807) is 37.4 Å². The molecule has 1 heterocycles. The normalized spacial score (nSPS) is 14.5. The Hall–Kier alpha value is -3.06. The summed E-state index contributed by atoms with van der Waals surface area (Å²) in [5.41, 5.74) is 2.73. The van der Waals surface area contributed by atoms with E-state index in [4.69, 9.17) is 0 Å².